The Bertz CT molecular complexity index is 740. The summed E-state index contributed by atoms with van der Waals surface area (Å²) in [5, 5.41) is -4.45. The van der Waals surface area contributed by atoms with E-state index in [-0.39, 0.29) is 10.5 Å². The molecule has 2 aromatic rings. The van der Waals surface area contributed by atoms with E-state index < -0.39 is 27.2 Å². The lowest BCUT2D eigenvalue weighted by Gasteiger charge is -2.30. The van der Waals surface area contributed by atoms with E-state index in [0.717, 1.165) is 0 Å². The lowest BCUT2D eigenvalue weighted by molar-refractivity contribution is 0.0457. The SMILES string of the molecule is N[C@H](c1ccccc1)[C@H](c1ccccc1)C(F)(F)S(=O)(=O)NF. The first-order valence-electron chi connectivity index (χ1n) is 6.66. The van der Waals surface area contributed by atoms with Crippen LogP contribution < -0.4 is 10.7 Å². The topological polar surface area (TPSA) is 72.2 Å². The van der Waals surface area contributed by atoms with Crippen LogP contribution in [-0.2, 0) is 10.0 Å². The van der Waals surface area contributed by atoms with Crippen molar-refractivity contribution in [3.8, 4) is 0 Å². The van der Waals surface area contributed by atoms with Gasteiger partial charge >= 0.3 is 15.3 Å². The molecule has 0 saturated heterocycles. The first-order chi connectivity index (χ1) is 10.8. The summed E-state index contributed by atoms with van der Waals surface area (Å²) in [4.78, 5) is 0.205. The van der Waals surface area contributed by atoms with Crippen molar-refractivity contribution in [2.45, 2.75) is 17.2 Å². The summed E-state index contributed by atoms with van der Waals surface area (Å²) < 4.78 is 64.4. The molecule has 2 atom stereocenters. The molecule has 3 N–H and O–H groups in total. The van der Waals surface area contributed by atoms with Crippen LogP contribution in [0.3, 0.4) is 0 Å². The predicted octanol–water partition coefficient (Wildman–Crippen LogP) is 2.87. The van der Waals surface area contributed by atoms with E-state index in [4.69, 9.17) is 5.73 Å². The average Bonchev–Trinajstić information content (AvgIpc) is 2.56. The number of halogens is 3. The molecule has 124 valence electrons. The fourth-order valence-corrected chi connectivity index (χ4v) is 3.08. The number of rotatable bonds is 6. The van der Waals surface area contributed by atoms with Crippen LogP contribution in [0.2, 0.25) is 0 Å². The van der Waals surface area contributed by atoms with E-state index in [1.54, 1.807) is 24.3 Å². The molecule has 0 amide bonds. The lowest BCUT2D eigenvalue weighted by atomic mass is 9.87. The van der Waals surface area contributed by atoms with Gasteiger partial charge in [-0.15, -0.1) is 4.48 Å². The maximum absolute atomic E-state index is 14.5. The van der Waals surface area contributed by atoms with E-state index >= 15 is 0 Å². The Labute approximate surface area is 132 Å². The minimum atomic E-state index is -5.53. The summed E-state index contributed by atoms with van der Waals surface area (Å²) in [6.45, 7) is 0. The van der Waals surface area contributed by atoms with Crippen LogP contribution >= 0.6 is 0 Å². The Morgan fingerprint density at radius 1 is 0.913 bits per heavy atom. The van der Waals surface area contributed by atoms with Crippen molar-refractivity contribution in [3.05, 3.63) is 71.8 Å². The summed E-state index contributed by atoms with van der Waals surface area (Å²) in [5.41, 5.74) is 6.22. The van der Waals surface area contributed by atoms with E-state index in [2.05, 4.69) is 0 Å². The fraction of sp³-hybridized carbons (Fsp3) is 0.200. The third kappa shape index (κ3) is 3.39. The molecule has 8 heteroatoms. The zero-order valence-corrected chi connectivity index (χ0v) is 12.7. The van der Waals surface area contributed by atoms with Gasteiger partial charge in [0.05, 0.1) is 5.92 Å². The standard InChI is InChI=1S/C15H15F3N2O2S/c16-15(17,23(21,22)20-18)13(11-7-3-1-4-8-11)14(19)12-9-5-2-6-10-12/h1-10,13-14,20H,19H2/t13-,14+/m0/s1. The molecule has 0 heterocycles. The second-order valence-corrected chi connectivity index (χ2v) is 6.67. The number of hydrogen-bond donors (Lipinski definition) is 2. The number of hydrogen-bond acceptors (Lipinski definition) is 3. The molecule has 0 spiro atoms. The number of nitrogens with two attached hydrogens (primary N) is 1. The van der Waals surface area contributed by atoms with Crippen molar-refractivity contribution < 1.29 is 21.7 Å². The first kappa shape index (κ1) is 17.5. The molecular formula is C15H15F3N2O2S. The maximum Gasteiger partial charge on any atom is 0.369 e. The highest BCUT2D eigenvalue weighted by Crippen LogP contribution is 2.44. The van der Waals surface area contributed by atoms with Crippen molar-refractivity contribution in [1.29, 1.82) is 0 Å². The highest BCUT2D eigenvalue weighted by atomic mass is 32.2. The zero-order valence-electron chi connectivity index (χ0n) is 11.9. The molecular weight excluding hydrogens is 329 g/mol. The summed E-state index contributed by atoms with van der Waals surface area (Å²) in [5.74, 6) is -1.96. The molecule has 0 unspecified atom stereocenters. The second kappa shape index (κ2) is 6.69. The van der Waals surface area contributed by atoms with Gasteiger partial charge in [-0.25, -0.2) is 8.42 Å². The zero-order chi connectivity index (χ0) is 17.1. The van der Waals surface area contributed by atoms with Gasteiger partial charge in [-0.3, -0.25) is 0 Å². The number of nitrogens with one attached hydrogen (secondary N) is 1. The molecule has 0 radical (unpaired) electrons. The molecule has 0 aromatic heterocycles. The third-order valence-corrected chi connectivity index (χ3v) is 4.70. The van der Waals surface area contributed by atoms with E-state index in [0.29, 0.717) is 5.56 Å². The Morgan fingerprint density at radius 3 is 1.78 bits per heavy atom. The summed E-state index contributed by atoms with van der Waals surface area (Å²) in [6, 6.07) is 13.7. The molecule has 2 aromatic carbocycles. The van der Waals surface area contributed by atoms with Gasteiger partial charge in [0, 0.05) is 6.04 Å². The molecule has 4 nitrogen and oxygen atoms in total. The Morgan fingerprint density at radius 2 is 1.35 bits per heavy atom. The smallest absolute Gasteiger partial charge is 0.323 e. The summed E-state index contributed by atoms with van der Waals surface area (Å²) >= 11 is 0. The maximum atomic E-state index is 14.5. The lowest BCUT2D eigenvalue weighted by Crippen LogP contribution is -2.45. The predicted molar refractivity (Wildman–Crippen MR) is 80.7 cm³/mol. The summed E-state index contributed by atoms with van der Waals surface area (Å²) in [6.07, 6.45) is 0. The van der Waals surface area contributed by atoms with Crippen molar-refractivity contribution >= 4 is 10.0 Å². The normalized spacial score (nSPS) is 15.1. The summed E-state index contributed by atoms with van der Waals surface area (Å²) in [7, 11) is -5.53. The molecule has 23 heavy (non-hydrogen) atoms. The van der Waals surface area contributed by atoms with Gasteiger partial charge < -0.3 is 5.73 Å². The molecule has 0 saturated carbocycles. The van der Waals surface area contributed by atoms with Crippen molar-refractivity contribution in [2.75, 3.05) is 0 Å². The fourth-order valence-electron chi connectivity index (χ4n) is 2.36. The van der Waals surface area contributed by atoms with Gasteiger partial charge in [-0.1, -0.05) is 60.7 Å². The van der Waals surface area contributed by atoms with Gasteiger partial charge in [-0.05, 0) is 16.1 Å². The van der Waals surface area contributed by atoms with Crippen LogP contribution in [-0.4, -0.2) is 13.7 Å². The molecule has 0 bridgehead atoms. The second-order valence-electron chi connectivity index (χ2n) is 4.97. The van der Waals surface area contributed by atoms with Gasteiger partial charge in [0.2, 0.25) is 0 Å². The minimum Gasteiger partial charge on any atom is -0.323 e. The van der Waals surface area contributed by atoms with E-state index in [1.165, 1.54) is 36.4 Å². The van der Waals surface area contributed by atoms with Gasteiger partial charge in [0.15, 0.2) is 0 Å². The van der Waals surface area contributed by atoms with Crippen LogP contribution in [0.5, 0.6) is 0 Å². The van der Waals surface area contributed by atoms with Gasteiger partial charge in [-0.2, -0.15) is 8.78 Å². The van der Waals surface area contributed by atoms with Gasteiger partial charge in [0.1, 0.15) is 0 Å². The molecule has 0 aliphatic rings. The highest BCUT2D eigenvalue weighted by Gasteiger charge is 2.55. The quantitative estimate of drug-likeness (QED) is 0.792. The Kier molecular flexibility index (Phi) is 5.08. The van der Waals surface area contributed by atoms with Crippen molar-refractivity contribution in [2.24, 2.45) is 5.73 Å². The van der Waals surface area contributed by atoms with Crippen LogP contribution in [0.15, 0.2) is 60.7 Å². The van der Waals surface area contributed by atoms with E-state index in [1.807, 2.05) is 0 Å². The molecule has 2 rings (SSSR count). The van der Waals surface area contributed by atoms with Crippen LogP contribution in [0.25, 0.3) is 0 Å². The minimum absolute atomic E-state index is 0.00678. The Hall–Kier alpha value is -1.90. The number of benzene rings is 2. The van der Waals surface area contributed by atoms with Crippen molar-refractivity contribution in [3.63, 3.8) is 0 Å². The number of sulfonamides is 1. The van der Waals surface area contributed by atoms with Crippen molar-refractivity contribution in [1.82, 2.24) is 4.94 Å². The molecule has 0 aliphatic heterocycles. The first-order valence-corrected chi connectivity index (χ1v) is 8.15. The number of alkyl halides is 2. The largest absolute Gasteiger partial charge is 0.369 e. The van der Waals surface area contributed by atoms with Crippen LogP contribution in [0.1, 0.15) is 23.1 Å². The van der Waals surface area contributed by atoms with Gasteiger partial charge in [0.25, 0.3) is 0 Å². The molecule has 0 aliphatic carbocycles. The monoisotopic (exact) mass is 344 g/mol. The van der Waals surface area contributed by atoms with Crippen LogP contribution in [0, 0.1) is 0 Å². The third-order valence-electron chi connectivity index (χ3n) is 3.52. The van der Waals surface area contributed by atoms with Crippen LogP contribution in [0.4, 0.5) is 13.3 Å². The Balaban J connectivity index is 2.58. The highest BCUT2D eigenvalue weighted by molar-refractivity contribution is 7.90. The van der Waals surface area contributed by atoms with E-state index in [9.17, 15) is 21.7 Å². The molecule has 0 fully saturated rings. The average molecular weight is 344 g/mol.